The first-order valence-electron chi connectivity index (χ1n) is 7.80. The molecule has 3 nitrogen and oxygen atoms in total. The van der Waals surface area contributed by atoms with E-state index in [0.29, 0.717) is 19.1 Å². The van der Waals surface area contributed by atoms with Gasteiger partial charge in [-0.15, -0.1) is 0 Å². The number of ether oxygens (including phenoxy) is 2. The molecule has 3 heteroatoms. The van der Waals surface area contributed by atoms with Crippen molar-refractivity contribution < 1.29 is 14.6 Å². The van der Waals surface area contributed by atoms with Crippen molar-refractivity contribution in [2.75, 3.05) is 13.2 Å². The minimum Gasteiger partial charge on any atom is -0.381 e. The zero-order valence-electron chi connectivity index (χ0n) is 13.1. The molecule has 0 saturated carbocycles. The summed E-state index contributed by atoms with van der Waals surface area (Å²) < 4.78 is 11.8. The Bertz CT molecular complexity index is 557. The second kappa shape index (κ2) is 5.24. The van der Waals surface area contributed by atoms with Crippen LogP contribution in [0.1, 0.15) is 44.7 Å². The molecule has 1 fully saturated rings. The lowest BCUT2D eigenvalue weighted by molar-refractivity contribution is -0.169. The van der Waals surface area contributed by atoms with Gasteiger partial charge in [-0.05, 0) is 30.9 Å². The summed E-state index contributed by atoms with van der Waals surface area (Å²) in [6.45, 7) is 7.51. The normalized spacial score (nSPS) is 31.4. The first-order chi connectivity index (χ1) is 10.0. The van der Waals surface area contributed by atoms with Gasteiger partial charge in [-0.1, -0.05) is 43.7 Å². The van der Waals surface area contributed by atoms with Gasteiger partial charge in [0, 0.05) is 12.0 Å². The first-order valence-corrected chi connectivity index (χ1v) is 7.80. The number of benzene rings is 1. The summed E-state index contributed by atoms with van der Waals surface area (Å²) in [6, 6.07) is 7.98. The molecule has 1 heterocycles. The van der Waals surface area contributed by atoms with Crippen molar-refractivity contribution >= 4 is 0 Å². The van der Waals surface area contributed by atoms with Crippen molar-refractivity contribution in [1.82, 2.24) is 0 Å². The van der Waals surface area contributed by atoms with Crippen LogP contribution in [0.5, 0.6) is 0 Å². The Morgan fingerprint density at radius 2 is 1.81 bits per heavy atom. The first kappa shape index (κ1) is 14.8. The van der Waals surface area contributed by atoms with E-state index in [1.807, 2.05) is 30.3 Å². The van der Waals surface area contributed by atoms with E-state index in [1.165, 1.54) is 5.57 Å². The van der Waals surface area contributed by atoms with E-state index >= 15 is 0 Å². The molecule has 2 atom stereocenters. The Morgan fingerprint density at radius 3 is 2.33 bits per heavy atom. The maximum Gasteiger partial charge on any atom is 0.195 e. The van der Waals surface area contributed by atoms with E-state index in [9.17, 15) is 5.11 Å². The second-order valence-electron chi connectivity index (χ2n) is 6.27. The molecule has 0 radical (unpaired) electrons. The average molecular weight is 288 g/mol. The summed E-state index contributed by atoms with van der Waals surface area (Å²) in [6.07, 6.45) is 3.45. The highest BCUT2D eigenvalue weighted by Crippen LogP contribution is 2.46. The Balaban J connectivity index is 2.09. The molecular formula is C18H24O3. The summed E-state index contributed by atoms with van der Waals surface area (Å²) in [5.41, 5.74) is 2.20. The van der Waals surface area contributed by atoms with Gasteiger partial charge in [0.25, 0.3) is 0 Å². The van der Waals surface area contributed by atoms with Crippen LogP contribution in [0, 0.1) is 5.92 Å². The lowest BCUT2D eigenvalue weighted by Gasteiger charge is -2.33. The Kier molecular flexibility index (Phi) is 3.68. The predicted molar refractivity (Wildman–Crippen MR) is 81.7 cm³/mol. The molecule has 0 spiro atoms. The molecule has 1 N–H and O–H groups in total. The van der Waals surface area contributed by atoms with Gasteiger partial charge in [0.05, 0.1) is 13.2 Å². The van der Waals surface area contributed by atoms with Crippen LogP contribution < -0.4 is 0 Å². The van der Waals surface area contributed by atoms with Crippen LogP contribution in [-0.2, 0) is 20.9 Å². The molecule has 1 aromatic carbocycles. The monoisotopic (exact) mass is 288 g/mol. The predicted octanol–water partition coefficient (Wildman–Crippen LogP) is 3.47. The summed E-state index contributed by atoms with van der Waals surface area (Å²) in [4.78, 5) is 0. The van der Waals surface area contributed by atoms with Gasteiger partial charge in [0.2, 0.25) is 0 Å². The van der Waals surface area contributed by atoms with E-state index in [2.05, 4.69) is 20.8 Å². The lowest BCUT2D eigenvalue weighted by atomic mass is 9.84. The Labute approximate surface area is 126 Å². The Hall–Kier alpha value is -1.16. The molecule has 2 unspecified atom stereocenters. The summed E-state index contributed by atoms with van der Waals surface area (Å²) >= 11 is 0. The quantitative estimate of drug-likeness (QED) is 0.866. The molecule has 0 bridgehead atoms. The number of hydrogen-bond donors (Lipinski definition) is 1. The van der Waals surface area contributed by atoms with E-state index in [-0.39, 0.29) is 0 Å². The molecule has 1 saturated heterocycles. The summed E-state index contributed by atoms with van der Waals surface area (Å²) in [7, 11) is 0. The van der Waals surface area contributed by atoms with E-state index < -0.39 is 11.4 Å². The minimum atomic E-state index is -0.919. The van der Waals surface area contributed by atoms with Crippen molar-refractivity contribution in [2.45, 2.75) is 45.0 Å². The van der Waals surface area contributed by atoms with E-state index in [4.69, 9.17) is 9.47 Å². The van der Waals surface area contributed by atoms with Gasteiger partial charge in [0.1, 0.15) is 5.60 Å². The van der Waals surface area contributed by atoms with Crippen molar-refractivity contribution in [3.05, 3.63) is 47.0 Å². The minimum absolute atomic E-state index is 0.394. The molecule has 0 amide bonds. The largest absolute Gasteiger partial charge is 0.381 e. The third kappa shape index (κ3) is 2.33. The summed E-state index contributed by atoms with van der Waals surface area (Å²) in [5.74, 6) is -0.314. The van der Waals surface area contributed by atoms with Gasteiger partial charge in [0.15, 0.2) is 5.79 Å². The van der Waals surface area contributed by atoms with Crippen LogP contribution in [0.15, 0.2) is 35.9 Å². The molecule has 0 aromatic heterocycles. The number of rotatable bonds is 3. The summed E-state index contributed by atoms with van der Waals surface area (Å²) in [5, 5.41) is 11.2. The molecule has 114 valence electrons. The fourth-order valence-corrected chi connectivity index (χ4v) is 3.59. The van der Waals surface area contributed by atoms with Crippen molar-refractivity contribution in [3.8, 4) is 0 Å². The highest BCUT2D eigenvalue weighted by Gasteiger charge is 2.44. The maximum absolute atomic E-state index is 11.2. The van der Waals surface area contributed by atoms with Crippen molar-refractivity contribution in [1.29, 1.82) is 0 Å². The SMILES string of the molecule is CCC1(c2ccccc2C2(O)C=C(C)C(C)C2)OCCO1. The fourth-order valence-electron chi connectivity index (χ4n) is 3.59. The van der Waals surface area contributed by atoms with E-state index in [1.54, 1.807) is 0 Å². The molecular weight excluding hydrogens is 264 g/mol. The van der Waals surface area contributed by atoms with Gasteiger partial charge >= 0.3 is 0 Å². The van der Waals surface area contributed by atoms with Gasteiger partial charge in [-0.2, -0.15) is 0 Å². The van der Waals surface area contributed by atoms with Crippen molar-refractivity contribution in [2.24, 2.45) is 5.92 Å². The zero-order valence-corrected chi connectivity index (χ0v) is 13.1. The van der Waals surface area contributed by atoms with E-state index in [0.717, 1.165) is 24.0 Å². The van der Waals surface area contributed by atoms with Crippen LogP contribution in [0.3, 0.4) is 0 Å². The van der Waals surface area contributed by atoms with Crippen LogP contribution in [-0.4, -0.2) is 18.3 Å². The number of aliphatic hydroxyl groups is 1. The zero-order chi connectivity index (χ0) is 15.1. The smallest absolute Gasteiger partial charge is 0.195 e. The third-order valence-electron chi connectivity index (χ3n) is 4.88. The van der Waals surface area contributed by atoms with Crippen LogP contribution in [0.25, 0.3) is 0 Å². The van der Waals surface area contributed by atoms with Gasteiger partial charge in [-0.3, -0.25) is 0 Å². The van der Waals surface area contributed by atoms with Crippen LogP contribution in [0.2, 0.25) is 0 Å². The molecule has 21 heavy (non-hydrogen) atoms. The van der Waals surface area contributed by atoms with Gasteiger partial charge in [-0.25, -0.2) is 0 Å². The van der Waals surface area contributed by atoms with Crippen LogP contribution in [0.4, 0.5) is 0 Å². The Morgan fingerprint density at radius 1 is 1.19 bits per heavy atom. The highest BCUT2D eigenvalue weighted by atomic mass is 16.7. The topological polar surface area (TPSA) is 38.7 Å². The second-order valence-corrected chi connectivity index (χ2v) is 6.27. The molecule has 2 aliphatic rings. The van der Waals surface area contributed by atoms with Gasteiger partial charge < -0.3 is 14.6 Å². The average Bonchev–Trinajstić information content (AvgIpc) is 3.06. The molecule has 1 aliphatic carbocycles. The fraction of sp³-hybridized carbons (Fsp3) is 0.556. The molecule has 3 rings (SSSR count). The third-order valence-corrected chi connectivity index (χ3v) is 4.88. The maximum atomic E-state index is 11.2. The number of allylic oxidation sites excluding steroid dienone is 1. The number of hydrogen-bond acceptors (Lipinski definition) is 3. The lowest BCUT2D eigenvalue weighted by Crippen LogP contribution is -2.32. The molecule has 1 aromatic rings. The molecule has 1 aliphatic heterocycles. The van der Waals surface area contributed by atoms with Crippen LogP contribution >= 0.6 is 0 Å². The van der Waals surface area contributed by atoms with Crippen molar-refractivity contribution in [3.63, 3.8) is 0 Å². The standard InChI is InChI=1S/C18H24O3/c1-4-18(20-9-10-21-18)16-8-6-5-7-15(16)17(19)11-13(2)14(3)12-17/h5-8,11,14,19H,4,9-10,12H2,1-3H3. The highest BCUT2D eigenvalue weighted by molar-refractivity contribution is 5.41.